The van der Waals surface area contributed by atoms with Crippen molar-refractivity contribution in [1.29, 1.82) is 0 Å². The van der Waals surface area contributed by atoms with Gasteiger partial charge in [-0.15, -0.1) is 0 Å². The molecular weight excluding hydrogens is 362 g/mol. The number of hydrogen-bond acceptors (Lipinski definition) is 6. The van der Waals surface area contributed by atoms with Crippen LogP contribution in [0.15, 0.2) is 63.8 Å². The number of esters is 1. The van der Waals surface area contributed by atoms with Crippen LogP contribution in [0.1, 0.15) is 15.9 Å². The lowest BCUT2D eigenvalue weighted by Crippen LogP contribution is -2.43. The third-order valence-corrected chi connectivity index (χ3v) is 4.29. The molecule has 0 aliphatic heterocycles. The molecule has 0 fully saturated rings. The minimum Gasteiger partial charge on any atom is -0.497 e. The van der Waals surface area contributed by atoms with Gasteiger partial charge in [0.25, 0.3) is 5.91 Å². The fraction of sp³-hybridized carbons (Fsp3) is 0.190. The molecule has 3 aromatic rings. The minimum absolute atomic E-state index is 0.0691. The van der Waals surface area contributed by atoms with Crippen LogP contribution in [0.4, 0.5) is 0 Å². The average molecular weight is 381 g/mol. The molecule has 144 valence electrons. The van der Waals surface area contributed by atoms with Gasteiger partial charge in [0.05, 0.1) is 14.2 Å². The summed E-state index contributed by atoms with van der Waals surface area (Å²) >= 11 is 0. The van der Waals surface area contributed by atoms with Gasteiger partial charge in [0.2, 0.25) is 0 Å². The molecule has 0 bridgehead atoms. The van der Waals surface area contributed by atoms with Gasteiger partial charge in [-0.05, 0) is 29.8 Å². The van der Waals surface area contributed by atoms with Gasteiger partial charge in [-0.3, -0.25) is 4.79 Å². The van der Waals surface area contributed by atoms with E-state index < -0.39 is 23.5 Å². The molecule has 0 saturated heterocycles. The molecule has 1 N–H and O–H groups in total. The molecule has 0 aliphatic carbocycles. The van der Waals surface area contributed by atoms with Crippen molar-refractivity contribution < 1.29 is 23.5 Å². The molecule has 1 heterocycles. The van der Waals surface area contributed by atoms with Crippen molar-refractivity contribution in [3.63, 3.8) is 0 Å². The van der Waals surface area contributed by atoms with Gasteiger partial charge in [0, 0.05) is 29.5 Å². The summed E-state index contributed by atoms with van der Waals surface area (Å²) < 4.78 is 15.2. The molecule has 1 aromatic heterocycles. The zero-order chi connectivity index (χ0) is 20.1. The molecule has 0 aliphatic rings. The largest absolute Gasteiger partial charge is 0.497 e. The van der Waals surface area contributed by atoms with E-state index in [1.165, 1.54) is 20.3 Å². The number of ether oxygens (including phenoxy) is 2. The molecule has 7 nitrogen and oxygen atoms in total. The van der Waals surface area contributed by atoms with Crippen LogP contribution >= 0.6 is 0 Å². The fourth-order valence-corrected chi connectivity index (χ4v) is 2.89. The van der Waals surface area contributed by atoms with Crippen molar-refractivity contribution in [2.24, 2.45) is 0 Å². The average Bonchev–Trinajstić information content (AvgIpc) is 2.72. The highest BCUT2D eigenvalue weighted by Crippen LogP contribution is 2.23. The van der Waals surface area contributed by atoms with E-state index in [2.05, 4.69) is 5.32 Å². The van der Waals surface area contributed by atoms with E-state index in [-0.39, 0.29) is 6.42 Å². The number of rotatable bonds is 6. The number of hydrogen-bond donors (Lipinski definition) is 1. The SMILES string of the molecule is COC(=O)[C@H](Cc1cc(=O)oc2cc(OC)ccc12)NC(=O)c1ccccc1. The van der Waals surface area contributed by atoms with E-state index in [4.69, 9.17) is 13.9 Å². The predicted molar refractivity (Wildman–Crippen MR) is 102 cm³/mol. The van der Waals surface area contributed by atoms with Gasteiger partial charge in [-0.1, -0.05) is 18.2 Å². The molecule has 0 saturated carbocycles. The predicted octanol–water partition coefficient (Wildman–Crippen LogP) is 2.32. The van der Waals surface area contributed by atoms with Crippen molar-refractivity contribution >= 4 is 22.8 Å². The third kappa shape index (κ3) is 4.20. The molecule has 3 rings (SSSR count). The maximum Gasteiger partial charge on any atom is 0.336 e. The number of carbonyl (C=O) groups excluding carboxylic acids is 2. The van der Waals surface area contributed by atoms with Gasteiger partial charge < -0.3 is 19.2 Å². The highest BCUT2D eigenvalue weighted by atomic mass is 16.5. The standard InChI is InChI=1S/C21H19NO6/c1-26-15-8-9-16-14(11-19(23)28-18(16)12-15)10-17(21(25)27-2)22-20(24)13-6-4-3-5-7-13/h3-9,11-12,17H,10H2,1-2H3,(H,22,24)/t17-/m0/s1. The van der Waals surface area contributed by atoms with Crippen LogP contribution in [-0.2, 0) is 16.0 Å². The second kappa shape index (κ2) is 8.39. The van der Waals surface area contributed by atoms with Crippen LogP contribution in [0.3, 0.4) is 0 Å². The number of amides is 1. The maximum absolute atomic E-state index is 12.5. The zero-order valence-electron chi connectivity index (χ0n) is 15.4. The van der Waals surface area contributed by atoms with Crippen LogP contribution in [0, 0.1) is 0 Å². The summed E-state index contributed by atoms with van der Waals surface area (Å²) in [6.45, 7) is 0. The highest BCUT2D eigenvalue weighted by molar-refractivity contribution is 5.97. The Morgan fingerprint density at radius 3 is 2.50 bits per heavy atom. The minimum atomic E-state index is -0.968. The lowest BCUT2D eigenvalue weighted by atomic mass is 10.0. The Kier molecular flexibility index (Phi) is 5.74. The molecule has 0 unspecified atom stereocenters. The van der Waals surface area contributed by atoms with Crippen molar-refractivity contribution in [3.05, 3.63) is 76.1 Å². The van der Waals surface area contributed by atoms with Gasteiger partial charge in [0.15, 0.2) is 0 Å². The Labute approximate surface area is 160 Å². The summed E-state index contributed by atoms with van der Waals surface area (Å²) in [4.78, 5) is 36.7. The lowest BCUT2D eigenvalue weighted by molar-refractivity contribution is -0.142. The van der Waals surface area contributed by atoms with Gasteiger partial charge in [-0.2, -0.15) is 0 Å². The van der Waals surface area contributed by atoms with Gasteiger partial charge in [0.1, 0.15) is 17.4 Å². The van der Waals surface area contributed by atoms with Crippen LogP contribution in [-0.4, -0.2) is 32.1 Å². The smallest absolute Gasteiger partial charge is 0.336 e. The molecule has 1 atom stereocenters. The number of benzene rings is 2. The van der Waals surface area contributed by atoms with Crippen molar-refractivity contribution in [2.75, 3.05) is 14.2 Å². The summed E-state index contributed by atoms with van der Waals surface area (Å²) in [7, 11) is 2.75. The zero-order valence-corrected chi connectivity index (χ0v) is 15.4. The van der Waals surface area contributed by atoms with Crippen LogP contribution in [0.2, 0.25) is 0 Å². The molecular formula is C21H19NO6. The Morgan fingerprint density at radius 2 is 1.82 bits per heavy atom. The van der Waals surface area contributed by atoms with E-state index >= 15 is 0 Å². The number of carbonyl (C=O) groups is 2. The second-order valence-corrected chi connectivity index (χ2v) is 6.07. The molecule has 28 heavy (non-hydrogen) atoms. The maximum atomic E-state index is 12.5. The first kappa shape index (κ1) is 19.2. The third-order valence-electron chi connectivity index (χ3n) is 4.29. The van der Waals surface area contributed by atoms with E-state index in [9.17, 15) is 14.4 Å². The summed E-state index contributed by atoms with van der Waals surface area (Å²) in [5.41, 5.74) is 0.741. The van der Waals surface area contributed by atoms with E-state index in [0.29, 0.717) is 27.8 Å². The van der Waals surface area contributed by atoms with Crippen LogP contribution in [0.5, 0.6) is 5.75 Å². The molecule has 0 radical (unpaired) electrons. The monoisotopic (exact) mass is 381 g/mol. The topological polar surface area (TPSA) is 94.8 Å². The summed E-state index contributed by atoms with van der Waals surface area (Å²) in [6.07, 6.45) is 0.0691. The second-order valence-electron chi connectivity index (χ2n) is 6.07. The first-order valence-electron chi connectivity index (χ1n) is 8.56. The first-order chi connectivity index (χ1) is 13.5. The quantitative estimate of drug-likeness (QED) is 0.520. The fourth-order valence-electron chi connectivity index (χ4n) is 2.89. The van der Waals surface area contributed by atoms with Crippen molar-refractivity contribution in [1.82, 2.24) is 5.32 Å². The first-order valence-corrected chi connectivity index (χ1v) is 8.56. The molecule has 2 aromatic carbocycles. The van der Waals surface area contributed by atoms with E-state index in [1.807, 2.05) is 0 Å². The number of fused-ring (bicyclic) bond motifs is 1. The van der Waals surface area contributed by atoms with Crippen LogP contribution in [0.25, 0.3) is 11.0 Å². The highest BCUT2D eigenvalue weighted by Gasteiger charge is 2.24. The molecule has 0 spiro atoms. The summed E-state index contributed by atoms with van der Waals surface area (Å²) in [6, 6.07) is 13.9. The van der Waals surface area contributed by atoms with Crippen LogP contribution < -0.4 is 15.7 Å². The summed E-state index contributed by atoms with van der Waals surface area (Å²) in [5, 5.41) is 3.31. The van der Waals surface area contributed by atoms with E-state index in [1.54, 1.807) is 48.5 Å². The Hall–Kier alpha value is -3.61. The molecule has 7 heteroatoms. The number of nitrogens with one attached hydrogen (secondary N) is 1. The van der Waals surface area contributed by atoms with Crippen molar-refractivity contribution in [3.8, 4) is 5.75 Å². The van der Waals surface area contributed by atoms with Gasteiger partial charge in [-0.25, -0.2) is 9.59 Å². The van der Waals surface area contributed by atoms with Crippen molar-refractivity contribution in [2.45, 2.75) is 12.5 Å². The molecule has 1 amide bonds. The Balaban J connectivity index is 1.94. The Bertz CT molecular complexity index is 1060. The lowest BCUT2D eigenvalue weighted by Gasteiger charge is -2.17. The summed E-state index contributed by atoms with van der Waals surface area (Å²) in [5.74, 6) is -0.487. The normalized spacial score (nSPS) is 11.6. The van der Waals surface area contributed by atoms with Gasteiger partial charge >= 0.3 is 11.6 Å². The number of methoxy groups -OCH3 is 2. The van der Waals surface area contributed by atoms with E-state index in [0.717, 1.165) is 0 Å². The Morgan fingerprint density at radius 1 is 1.07 bits per heavy atom.